The molecule has 1 aliphatic carbocycles. The summed E-state index contributed by atoms with van der Waals surface area (Å²) >= 11 is 0. The Hall–Kier alpha value is -1.50. The highest BCUT2D eigenvalue weighted by Gasteiger charge is 2.04. The molecule has 1 aromatic carbocycles. The molecule has 0 spiro atoms. The zero-order chi connectivity index (χ0) is 9.10. The molecule has 0 amide bonds. The molecule has 2 rings (SSSR count). The van der Waals surface area contributed by atoms with Crippen molar-refractivity contribution in [2.75, 3.05) is 0 Å². The van der Waals surface area contributed by atoms with Crippen LogP contribution in [0.2, 0.25) is 0 Å². The fourth-order valence-electron chi connectivity index (χ4n) is 1.34. The summed E-state index contributed by atoms with van der Waals surface area (Å²) in [6, 6.07) is 9.87. The monoisotopic (exact) mass is 172 g/mol. The van der Waals surface area contributed by atoms with Crippen molar-refractivity contribution in [2.45, 2.75) is 13.3 Å². The van der Waals surface area contributed by atoms with Crippen molar-refractivity contribution in [1.29, 1.82) is 0 Å². The van der Waals surface area contributed by atoms with Gasteiger partial charge in [0.05, 0.1) is 0 Å². The highest BCUT2D eigenvalue weighted by molar-refractivity contribution is 5.31. The maximum atomic E-state index is 5.65. The summed E-state index contributed by atoms with van der Waals surface area (Å²) in [6.07, 6.45) is 5.16. The van der Waals surface area contributed by atoms with Crippen LogP contribution in [0.5, 0.6) is 5.75 Å². The molecule has 0 saturated heterocycles. The Labute approximate surface area is 78.3 Å². The van der Waals surface area contributed by atoms with Gasteiger partial charge in [-0.25, -0.2) is 0 Å². The molecule has 0 bridgehead atoms. The SMILES string of the molecule is CC1=CCC(Oc2ccccc2)=C1. The largest absolute Gasteiger partial charge is 0.461 e. The van der Waals surface area contributed by atoms with Crippen LogP contribution < -0.4 is 4.74 Å². The minimum atomic E-state index is 0.914. The van der Waals surface area contributed by atoms with E-state index in [9.17, 15) is 0 Å². The molecule has 1 nitrogen and oxygen atoms in total. The van der Waals surface area contributed by atoms with Crippen LogP contribution in [0, 0.1) is 0 Å². The molecule has 0 saturated carbocycles. The first kappa shape index (κ1) is 8.11. The molecular formula is C12H12O. The highest BCUT2D eigenvalue weighted by Crippen LogP contribution is 2.21. The van der Waals surface area contributed by atoms with Gasteiger partial charge in [-0.2, -0.15) is 0 Å². The second-order valence-electron chi connectivity index (χ2n) is 3.18. The average molecular weight is 172 g/mol. The van der Waals surface area contributed by atoms with Crippen molar-refractivity contribution in [3.05, 3.63) is 53.8 Å². The first-order chi connectivity index (χ1) is 6.34. The summed E-state index contributed by atoms with van der Waals surface area (Å²) in [4.78, 5) is 0. The van der Waals surface area contributed by atoms with Crippen LogP contribution in [0.4, 0.5) is 0 Å². The Bertz CT molecular complexity index is 347. The smallest absolute Gasteiger partial charge is 0.126 e. The van der Waals surface area contributed by atoms with Crippen LogP contribution in [-0.4, -0.2) is 0 Å². The number of hydrogen-bond acceptors (Lipinski definition) is 1. The zero-order valence-electron chi connectivity index (χ0n) is 7.66. The number of allylic oxidation sites excluding steroid dienone is 3. The van der Waals surface area contributed by atoms with Gasteiger partial charge < -0.3 is 4.74 Å². The van der Waals surface area contributed by atoms with Crippen LogP contribution in [-0.2, 0) is 0 Å². The van der Waals surface area contributed by atoms with E-state index in [1.54, 1.807) is 0 Å². The Balaban J connectivity index is 2.05. The fourth-order valence-corrected chi connectivity index (χ4v) is 1.34. The van der Waals surface area contributed by atoms with Crippen LogP contribution in [0.15, 0.2) is 53.8 Å². The first-order valence-electron chi connectivity index (χ1n) is 4.45. The fraction of sp³-hybridized carbons (Fsp3) is 0.167. The topological polar surface area (TPSA) is 9.23 Å². The molecule has 1 aliphatic rings. The number of benzene rings is 1. The van der Waals surface area contributed by atoms with Gasteiger partial charge in [-0.1, -0.05) is 29.8 Å². The number of ether oxygens (including phenoxy) is 1. The van der Waals surface area contributed by atoms with E-state index in [-0.39, 0.29) is 0 Å². The van der Waals surface area contributed by atoms with Crippen LogP contribution >= 0.6 is 0 Å². The molecule has 0 atom stereocenters. The van der Waals surface area contributed by atoms with Crippen LogP contribution in [0.1, 0.15) is 13.3 Å². The standard InChI is InChI=1S/C12H12O/c1-10-7-8-12(9-10)13-11-5-3-2-4-6-11/h2-7,9H,8H2,1H3. The second kappa shape index (κ2) is 3.48. The molecule has 13 heavy (non-hydrogen) atoms. The molecular weight excluding hydrogens is 160 g/mol. The van der Waals surface area contributed by atoms with E-state index in [2.05, 4.69) is 19.1 Å². The van der Waals surface area contributed by atoms with E-state index < -0.39 is 0 Å². The van der Waals surface area contributed by atoms with Crippen molar-refractivity contribution in [3.63, 3.8) is 0 Å². The van der Waals surface area contributed by atoms with Gasteiger partial charge in [0.2, 0.25) is 0 Å². The van der Waals surface area contributed by atoms with Crippen molar-refractivity contribution < 1.29 is 4.74 Å². The zero-order valence-corrected chi connectivity index (χ0v) is 7.66. The van der Waals surface area contributed by atoms with E-state index in [0.717, 1.165) is 17.9 Å². The maximum Gasteiger partial charge on any atom is 0.126 e. The van der Waals surface area contributed by atoms with E-state index >= 15 is 0 Å². The molecule has 0 aliphatic heterocycles. The quantitative estimate of drug-likeness (QED) is 0.665. The van der Waals surface area contributed by atoms with E-state index in [0.29, 0.717) is 0 Å². The van der Waals surface area contributed by atoms with Gasteiger partial charge in [-0.05, 0) is 25.1 Å². The van der Waals surface area contributed by atoms with Crippen molar-refractivity contribution in [3.8, 4) is 5.75 Å². The highest BCUT2D eigenvalue weighted by atomic mass is 16.5. The molecule has 1 aromatic rings. The van der Waals surface area contributed by atoms with E-state index in [4.69, 9.17) is 4.74 Å². The molecule has 1 heteroatoms. The molecule has 0 fully saturated rings. The lowest BCUT2D eigenvalue weighted by atomic mass is 10.3. The predicted molar refractivity (Wildman–Crippen MR) is 53.5 cm³/mol. The summed E-state index contributed by atoms with van der Waals surface area (Å²) in [5.74, 6) is 1.94. The Morgan fingerprint density at radius 2 is 1.92 bits per heavy atom. The third-order valence-electron chi connectivity index (χ3n) is 2.01. The molecule has 0 radical (unpaired) electrons. The minimum Gasteiger partial charge on any atom is -0.461 e. The van der Waals surface area contributed by atoms with E-state index in [1.165, 1.54) is 5.57 Å². The Kier molecular flexibility index (Phi) is 2.17. The van der Waals surface area contributed by atoms with Gasteiger partial charge in [-0.3, -0.25) is 0 Å². The summed E-state index contributed by atoms with van der Waals surface area (Å²) in [5.41, 5.74) is 1.28. The second-order valence-corrected chi connectivity index (χ2v) is 3.18. The Morgan fingerprint density at radius 1 is 1.15 bits per heavy atom. The number of para-hydroxylation sites is 1. The number of rotatable bonds is 2. The molecule has 0 heterocycles. The Morgan fingerprint density at radius 3 is 2.54 bits per heavy atom. The summed E-state index contributed by atoms with van der Waals surface area (Å²) in [6.45, 7) is 2.08. The third-order valence-corrected chi connectivity index (χ3v) is 2.01. The lowest BCUT2D eigenvalue weighted by Crippen LogP contribution is -1.90. The first-order valence-corrected chi connectivity index (χ1v) is 4.45. The van der Waals surface area contributed by atoms with Crippen LogP contribution in [0.25, 0.3) is 0 Å². The normalized spacial score (nSPS) is 15.2. The number of hydrogen-bond donors (Lipinski definition) is 0. The maximum absolute atomic E-state index is 5.65. The average Bonchev–Trinajstić information content (AvgIpc) is 2.53. The van der Waals surface area contributed by atoms with Gasteiger partial charge in [0, 0.05) is 6.42 Å². The minimum absolute atomic E-state index is 0.914. The van der Waals surface area contributed by atoms with Crippen molar-refractivity contribution >= 4 is 0 Å². The van der Waals surface area contributed by atoms with Crippen LogP contribution in [0.3, 0.4) is 0 Å². The van der Waals surface area contributed by atoms with Gasteiger partial charge in [0.1, 0.15) is 11.5 Å². The van der Waals surface area contributed by atoms with Gasteiger partial charge >= 0.3 is 0 Å². The van der Waals surface area contributed by atoms with Crippen molar-refractivity contribution in [1.82, 2.24) is 0 Å². The van der Waals surface area contributed by atoms with Gasteiger partial charge in [-0.15, -0.1) is 0 Å². The molecule has 0 N–H and O–H groups in total. The van der Waals surface area contributed by atoms with E-state index in [1.807, 2.05) is 30.3 Å². The molecule has 66 valence electrons. The van der Waals surface area contributed by atoms with Gasteiger partial charge in [0.15, 0.2) is 0 Å². The summed E-state index contributed by atoms with van der Waals surface area (Å²) < 4.78 is 5.65. The lowest BCUT2D eigenvalue weighted by molar-refractivity contribution is 0.419. The van der Waals surface area contributed by atoms with Crippen molar-refractivity contribution in [2.24, 2.45) is 0 Å². The summed E-state index contributed by atoms with van der Waals surface area (Å²) in [7, 11) is 0. The predicted octanol–water partition coefficient (Wildman–Crippen LogP) is 3.30. The third kappa shape index (κ3) is 2.00. The lowest BCUT2D eigenvalue weighted by Gasteiger charge is -2.04. The molecule has 0 unspecified atom stereocenters. The van der Waals surface area contributed by atoms with Gasteiger partial charge in [0.25, 0.3) is 0 Å². The molecule has 0 aromatic heterocycles. The summed E-state index contributed by atoms with van der Waals surface area (Å²) in [5, 5.41) is 0.